The van der Waals surface area contributed by atoms with Crippen molar-refractivity contribution in [3.8, 4) is 0 Å². The van der Waals surface area contributed by atoms with E-state index in [9.17, 15) is 4.79 Å². The molecule has 0 spiro atoms. The van der Waals surface area contributed by atoms with Gasteiger partial charge in [0, 0.05) is 6.20 Å². The van der Waals surface area contributed by atoms with Gasteiger partial charge in [-0.3, -0.25) is 4.79 Å². The third-order valence-electron chi connectivity index (χ3n) is 1.17. The van der Waals surface area contributed by atoms with E-state index in [1.54, 1.807) is 18.3 Å². The minimum atomic E-state index is -0.368. The Morgan fingerprint density at radius 1 is 1.73 bits per heavy atom. The Morgan fingerprint density at radius 2 is 2.45 bits per heavy atom. The number of halogens is 1. The molecule has 0 aliphatic heterocycles. The highest BCUT2D eigenvalue weighted by Gasteiger charge is 1.98. The van der Waals surface area contributed by atoms with E-state index < -0.39 is 0 Å². The third-order valence-corrected chi connectivity index (χ3v) is 1.38. The fraction of sp³-hybridized carbons (Fsp3) is 0.143. The van der Waals surface area contributed by atoms with Gasteiger partial charge in [-0.05, 0) is 17.7 Å². The number of hydrogen-bond acceptors (Lipinski definition) is 2. The van der Waals surface area contributed by atoms with E-state index in [1.807, 2.05) is 0 Å². The summed E-state index contributed by atoms with van der Waals surface area (Å²) in [7, 11) is 0. The molecule has 0 aromatic carbocycles. The number of carbonyl (C=O) groups is 1. The first kappa shape index (κ1) is 8.01. The van der Waals surface area contributed by atoms with Crippen LogP contribution in [0.5, 0.6) is 0 Å². The summed E-state index contributed by atoms with van der Waals surface area (Å²) in [6.07, 6.45) is 1.75. The highest BCUT2D eigenvalue weighted by atomic mass is 35.5. The van der Waals surface area contributed by atoms with Gasteiger partial charge in [0.15, 0.2) is 0 Å². The largest absolute Gasteiger partial charge is 0.369 e. The number of nitrogens with two attached hydrogens (primary N) is 1. The molecule has 0 aliphatic rings. The van der Waals surface area contributed by atoms with Gasteiger partial charge in [0.05, 0.1) is 6.42 Å². The van der Waals surface area contributed by atoms with Crippen LogP contribution >= 0.6 is 11.6 Å². The van der Waals surface area contributed by atoms with Gasteiger partial charge in [-0.2, -0.15) is 0 Å². The molecule has 58 valence electrons. The molecule has 1 amide bonds. The number of pyridine rings is 1. The smallest absolute Gasteiger partial charge is 0.221 e. The number of nitrogens with zero attached hydrogens (tertiary/aromatic N) is 1. The zero-order valence-corrected chi connectivity index (χ0v) is 6.51. The van der Waals surface area contributed by atoms with Crippen LogP contribution in [0.1, 0.15) is 5.56 Å². The molecule has 1 heterocycles. The van der Waals surface area contributed by atoms with Crippen molar-refractivity contribution in [1.82, 2.24) is 4.98 Å². The van der Waals surface area contributed by atoms with E-state index in [1.165, 1.54) is 0 Å². The molecule has 1 aromatic rings. The van der Waals surface area contributed by atoms with Crippen LogP contribution in [-0.2, 0) is 11.2 Å². The van der Waals surface area contributed by atoms with Crippen LogP contribution in [0.2, 0.25) is 5.15 Å². The SMILES string of the molecule is NC(=O)Cc1ccnc(Cl)c1. The first-order valence-electron chi connectivity index (χ1n) is 3.07. The van der Waals surface area contributed by atoms with Gasteiger partial charge < -0.3 is 5.73 Å². The zero-order valence-electron chi connectivity index (χ0n) is 5.75. The van der Waals surface area contributed by atoms with E-state index in [0.29, 0.717) is 5.15 Å². The van der Waals surface area contributed by atoms with Crippen LogP contribution < -0.4 is 5.73 Å². The maximum Gasteiger partial charge on any atom is 0.221 e. The summed E-state index contributed by atoms with van der Waals surface area (Å²) in [4.78, 5) is 14.2. The molecule has 0 fully saturated rings. The summed E-state index contributed by atoms with van der Waals surface area (Å²) in [5.74, 6) is -0.368. The van der Waals surface area contributed by atoms with Crippen LogP contribution in [-0.4, -0.2) is 10.9 Å². The Hall–Kier alpha value is -1.09. The van der Waals surface area contributed by atoms with Gasteiger partial charge in [-0.1, -0.05) is 11.6 Å². The first-order valence-corrected chi connectivity index (χ1v) is 3.45. The van der Waals surface area contributed by atoms with Crippen molar-refractivity contribution in [2.75, 3.05) is 0 Å². The molecule has 4 heteroatoms. The maximum atomic E-state index is 10.4. The lowest BCUT2D eigenvalue weighted by Crippen LogP contribution is -2.13. The molecular formula is C7H7ClN2O. The summed E-state index contributed by atoms with van der Waals surface area (Å²) in [5, 5.41) is 0.378. The monoisotopic (exact) mass is 170 g/mol. The topological polar surface area (TPSA) is 56.0 Å². The Bertz CT molecular complexity index is 275. The average Bonchev–Trinajstić information content (AvgIpc) is 1.85. The van der Waals surface area contributed by atoms with E-state index >= 15 is 0 Å². The summed E-state index contributed by atoms with van der Waals surface area (Å²) < 4.78 is 0. The Morgan fingerprint density at radius 3 is 3.00 bits per heavy atom. The normalized spacial score (nSPS) is 9.55. The van der Waals surface area contributed by atoms with Crippen molar-refractivity contribution < 1.29 is 4.79 Å². The Kier molecular flexibility index (Phi) is 2.44. The highest BCUT2D eigenvalue weighted by Crippen LogP contribution is 2.06. The lowest BCUT2D eigenvalue weighted by atomic mass is 10.2. The van der Waals surface area contributed by atoms with Crippen LogP contribution in [0.15, 0.2) is 18.3 Å². The molecule has 0 bridgehead atoms. The minimum Gasteiger partial charge on any atom is -0.369 e. The van der Waals surface area contributed by atoms with Gasteiger partial charge in [0.2, 0.25) is 5.91 Å². The number of hydrogen-bond donors (Lipinski definition) is 1. The molecule has 11 heavy (non-hydrogen) atoms. The molecule has 0 atom stereocenters. The van der Waals surface area contributed by atoms with Gasteiger partial charge in [-0.25, -0.2) is 4.98 Å². The van der Waals surface area contributed by atoms with Crippen molar-refractivity contribution in [3.05, 3.63) is 29.0 Å². The summed E-state index contributed by atoms with van der Waals surface area (Å²) in [6.45, 7) is 0. The molecule has 0 aliphatic carbocycles. The number of aromatic nitrogens is 1. The lowest BCUT2D eigenvalue weighted by molar-refractivity contribution is -0.117. The van der Waals surface area contributed by atoms with Gasteiger partial charge in [0.25, 0.3) is 0 Å². The van der Waals surface area contributed by atoms with Crippen molar-refractivity contribution >= 4 is 17.5 Å². The molecule has 2 N–H and O–H groups in total. The standard InChI is InChI=1S/C7H7ClN2O/c8-6-3-5(1-2-10-6)4-7(9)11/h1-3H,4H2,(H2,9,11). The molecule has 0 saturated carbocycles. The summed E-state index contributed by atoms with van der Waals surface area (Å²) in [5.41, 5.74) is 5.76. The van der Waals surface area contributed by atoms with Crippen molar-refractivity contribution in [2.45, 2.75) is 6.42 Å². The van der Waals surface area contributed by atoms with E-state index in [0.717, 1.165) is 5.56 Å². The molecule has 1 rings (SSSR count). The highest BCUT2D eigenvalue weighted by molar-refractivity contribution is 6.29. The molecule has 1 aromatic heterocycles. The second-order valence-corrected chi connectivity index (χ2v) is 2.52. The Balaban J connectivity index is 2.79. The molecule has 3 nitrogen and oxygen atoms in total. The number of carbonyl (C=O) groups excluding carboxylic acids is 1. The lowest BCUT2D eigenvalue weighted by Gasteiger charge is -1.95. The van der Waals surface area contributed by atoms with Crippen molar-refractivity contribution in [2.24, 2.45) is 5.73 Å². The predicted octanol–water partition coefficient (Wildman–Crippen LogP) is 0.763. The molecule has 0 saturated heterocycles. The molecule has 0 radical (unpaired) electrons. The van der Waals surface area contributed by atoms with Crippen molar-refractivity contribution in [1.29, 1.82) is 0 Å². The van der Waals surface area contributed by atoms with Gasteiger partial charge in [0.1, 0.15) is 5.15 Å². The number of amides is 1. The number of primary amides is 1. The van der Waals surface area contributed by atoms with E-state index in [2.05, 4.69) is 4.98 Å². The van der Waals surface area contributed by atoms with E-state index in [4.69, 9.17) is 17.3 Å². The average molecular weight is 171 g/mol. The second kappa shape index (κ2) is 3.34. The summed E-state index contributed by atoms with van der Waals surface area (Å²) >= 11 is 5.57. The van der Waals surface area contributed by atoms with Gasteiger partial charge >= 0.3 is 0 Å². The zero-order chi connectivity index (χ0) is 8.27. The molecular weight excluding hydrogens is 164 g/mol. The third kappa shape index (κ3) is 2.55. The minimum absolute atomic E-state index is 0.211. The quantitative estimate of drug-likeness (QED) is 0.667. The van der Waals surface area contributed by atoms with Crippen LogP contribution in [0.3, 0.4) is 0 Å². The van der Waals surface area contributed by atoms with Crippen LogP contribution in [0.4, 0.5) is 0 Å². The van der Waals surface area contributed by atoms with Crippen LogP contribution in [0, 0.1) is 0 Å². The molecule has 0 unspecified atom stereocenters. The van der Waals surface area contributed by atoms with Crippen molar-refractivity contribution in [3.63, 3.8) is 0 Å². The Labute approximate surface area is 69.2 Å². The van der Waals surface area contributed by atoms with Crippen LogP contribution in [0.25, 0.3) is 0 Å². The second-order valence-electron chi connectivity index (χ2n) is 2.13. The van der Waals surface area contributed by atoms with E-state index in [-0.39, 0.29) is 12.3 Å². The number of rotatable bonds is 2. The first-order chi connectivity index (χ1) is 5.18. The maximum absolute atomic E-state index is 10.4. The fourth-order valence-corrected chi connectivity index (χ4v) is 0.950. The van der Waals surface area contributed by atoms with Gasteiger partial charge in [-0.15, -0.1) is 0 Å². The predicted molar refractivity (Wildman–Crippen MR) is 42.1 cm³/mol. The summed E-state index contributed by atoms with van der Waals surface area (Å²) in [6, 6.07) is 3.32. The fourth-order valence-electron chi connectivity index (χ4n) is 0.754.